The summed E-state index contributed by atoms with van der Waals surface area (Å²) in [5.74, 6) is -1.35. The quantitative estimate of drug-likeness (QED) is 0.809. The first-order valence-corrected chi connectivity index (χ1v) is 5.47. The first-order chi connectivity index (χ1) is 8.68. The zero-order valence-corrected chi connectivity index (χ0v) is 9.58. The molecule has 0 heterocycles. The van der Waals surface area contributed by atoms with Gasteiger partial charge >= 0.3 is 5.97 Å². The van der Waals surface area contributed by atoms with E-state index < -0.39 is 5.97 Å². The number of carboxylic acids is 1. The first-order valence-electron chi connectivity index (χ1n) is 5.47. The molecule has 2 aromatic rings. The highest BCUT2D eigenvalue weighted by Crippen LogP contribution is 2.24. The topological polar surface area (TPSA) is 57.5 Å². The molecule has 0 radical (unpaired) electrons. The van der Waals surface area contributed by atoms with E-state index in [0.717, 1.165) is 5.56 Å². The van der Waals surface area contributed by atoms with Gasteiger partial charge in [-0.05, 0) is 11.6 Å². The summed E-state index contributed by atoms with van der Waals surface area (Å²) in [4.78, 5) is 10.9. The van der Waals surface area contributed by atoms with Gasteiger partial charge in [0.15, 0.2) is 0 Å². The number of carbonyl (C=O) groups is 1. The van der Waals surface area contributed by atoms with Crippen LogP contribution in [-0.2, 0) is 0 Å². The van der Waals surface area contributed by atoms with Gasteiger partial charge < -0.3 is 10.2 Å². The van der Waals surface area contributed by atoms with Crippen molar-refractivity contribution in [1.29, 1.82) is 0 Å². The summed E-state index contributed by atoms with van der Waals surface area (Å²) < 4.78 is 0. The molecule has 3 nitrogen and oxygen atoms in total. The minimum atomic E-state index is -1.14. The van der Waals surface area contributed by atoms with Gasteiger partial charge in [-0.3, -0.25) is 0 Å². The fourth-order valence-corrected chi connectivity index (χ4v) is 1.62. The molecule has 0 aliphatic carbocycles. The third-order valence-electron chi connectivity index (χ3n) is 2.55. The number of aromatic carboxylic acids is 1. The number of phenols is 1. The fraction of sp³-hybridized carbons (Fsp3) is 0. The van der Waals surface area contributed by atoms with Crippen molar-refractivity contribution in [3.8, 4) is 5.75 Å². The normalized spacial score (nSPS) is 10.7. The van der Waals surface area contributed by atoms with Gasteiger partial charge in [0.05, 0.1) is 0 Å². The van der Waals surface area contributed by atoms with Gasteiger partial charge in [0.25, 0.3) is 0 Å². The predicted molar refractivity (Wildman–Crippen MR) is 70.4 cm³/mol. The van der Waals surface area contributed by atoms with E-state index in [1.807, 2.05) is 36.4 Å². The van der Waals surface area contributed by atoms with Gasteiger partial charge in [-0.2, -0.15) is 0 Å². The molecule has 0 atom stereocenters. The van der Waals surface area contributed by atoms with Crippen molar-refractivity contribution >= 4 is 18.1 Å². The van der Waals surface area contributed by atoms with E-state index in [2.05, 4.69) is 0 Å². The maximum Gasteiger partial charge on any atom is 0.339 e. The molecule has 0 saturated carbocycles. The zero-order valence-electron chi connectivity index (χ0n) is 9.58. The standard InChI is InChI=1S/C15H12O3/c16-14-12(7-4-8-13(14)15(17)18)10-9-11-5-2-1-3-6-11/h1-10,16H,(H,17,18). The summed E-state index contributed by atoms with van der Waals surface area (Å²) in [5.41, 5.74) is 1.38. The smallest absolute Gasteiger partial charge is 0.339 e. The van der Waals surface area contributed by atoms with Gasteiger partial charge in [-0.1, -0.05) is 54.6 Å². The molecule has 2 N–H and O–H groups in total. The Labute approximate surface area is 105 Å². The third kappa shape index (κ3) is 2.58. The van der Waals surface area contributed by atoms with Crippen molar-refractivity contribution in [2.24, 2.45) is 0 Å². The molecular weight excluding hydrogens is 228 g/mol. The number of rotatable bonds is 3. The van der Waals surface area contributed by atoms with Gasteiger partial charge in [0.1, 0.15) is 11.3 Å². The Morgan fingerprint density at radius 1 is 0.944 bits per heavy atom. The van der Waals surface area contributed by atoms with Crippen molar-refractivity contribution in [2.45, 2.75) is 0 Å². The average molecular weight is 240 g/mol. The maximum atomic E-state index is 10.9. The molecule has 0 bridgehead atoms. The highest BCUT2D eigenvalue weighted by Gasteiger charge is 2.10. The van der Waals surface area contributed by atoms with Crippen molar-refractivity contribution in [3.63, 3.8) is 0 Å². The summed E-state index contributed by atoms with van der Waals surface area (Å²) in [6.45, 7) is 0. The average Bonchev–Trinajstić information content (AvgIpc) is 2.38. The number of aromatic hydroxyl groups is 1. The number of benzene rings is 2. The molecular formula is C15H12O3. The van der Waals surface area contributed by atoms with Crippen LogP contribution in [0.4, 0.5) is 0 Å². The zero-order chi connectivity index (χ0) is 13.0. The number of carboxylic acid groups (broad SMARTS) is 1. The van der Waals surface area contributed by atoms with Gasteiger partial charge in [-0.25, -0.2) is 4.79 Å². The Balaban J connectivity index is 2.33. The second-order valence-corrected chi connectivity index (χ2v) is 3.79. The van der Waals surface area contributed by atoms with Crippen LogP contribution < -0.4 is 0 Å². The lowest BCUT2D eigenvalue weighted by atomic mass is 10.1. The van der Waals surface area contributed by atoms with E-state index in [1.165, 1.54) is 6.07 Å². The van der Waals surface area contributed by atoms with Crippen LogP contribution in [0.15, 0.2) is 48.5 Å². The molecule has 0 spiro atoms. The van der Waals surface area contributed by atoms with E-state index in [-0.39, 0.29) is 11.3 Å². The molecule has 3 heteroatoms. The lowest BCUT2D eigenvalue weighted by Crippen LogP contribution is -1.97. The van der Waals surface area contributed by atoms with Crippen molar-refractivity contribution in [1.82, 2.24) is 0 Å². The van der Waals surface area contributed by atoms with Crippen LogP contribution in [0.2, 0.25) is 0 Å². The van der Waals surface area contributed by atoms with Crippen molar-refractivity contribution in [3.05, 3.63) is 65.2 Å². The summed E-state index contributed by atoms with van der Waals surface area (Å²) in [5, 5.41) is 18.7. The van der Waals surface area contributed by atoms with Gasteiger partial charge in [0, 0.05) is 5.56 Å². The summed E-state index contributed by atoms with van der Waals surface area (Å²) in [7, 11) is 0. The van der Waals surface area contributed by atoms with E-state index in [0.29, 0.717) is 5.56 Å². The lowest BCUT2D eigenvalue weighted by Gasteiger charge is -2.02. The molecule has 0 unspecified atom stereocenters. The highest BCUT2D eigenvalue weighted by molar-refractivity contribution is 5.92. The van der Waals surface area contributed by atoms with Crippen LogP contribution in [0, 0.1) is 0 Å². The van der Waals surface area contributed by atoms with Crippen LogP contribution in [0.1, 0.15) is 21.5 Å². The summed E-state index contributed by atoms with van der Waals surface area (Å²) in [6, 6.07) is 14.2. The van der Waals surface area contributed by atoms with Crippen molar-refractivity contribution < 1.29 is 15.0 Å². The minimum absolute atomic E-state index is 0.0924. The van der Waals surface area contributed by atoms with E-state index in [1.54, 1.807) is 18.2 Å². The molecule has 18 heavy (non-hydrogen) atoms. The Bertz CT molecular complexity index is 586. The minimum Gasteiger partial charge on any atom is -0.506 e. The third-order valence-corrected chi connectivity index (χ3v) is 2.55. The molecule has 90 valence electrons. The van der Waals surface area contributed by atoms with Crippen molar-refractivity contribution in [2.75, 3.05) is 0 Å². The van der Waals surface area contributed by atoms with E-state index in [4.69, 9.17) is 5.11 Å². The van der Waals surface area contributed by atoms with Crippen LogP contribution in [-0.4, -0.2) is 16.2 Å². The summed E-state index contributed by atoms with van der Waals surface area (Å²) in [6.07, 6.45) is 3.51. The van der Waals surface area contributed by atoms with E-state index in [9.17, 15) is 9.90 Å². The van der Waals surface area contributed by atoms with Crippen LogP contribution in [0.25, 0.3) is 12.2 Å². The molecule has 0 aliphatic heterocycles. The van der Waals surface area contributed by atoms with E-state index >= 15 is 0 Å². The maximum absolute atomic E-state index is 10.9. The monoisotopic (exact) mass is 240 g/mol. The SMILES string of the molecule is O=C(O)c1cccc(C=Cc2ccccc2)c1O. The Morgan fingerprint density at radius 3 is 2.33 bits per heavy atom. The lowest BCUT2D eigenvalue weighted by molar-refractivity contribution is 0.0693. The molecule has 2 aromatic carbocycles. The van der Waals surface area contributed by atoms with Gasteiger partial charge in [0.2, 0.25) is 0 Å². The summed E-state index contributed by atoms with van der Waals surface area (Å²) >= 11 is 0. The molecule has 0 saturated heterocycles. The van der Waals surface area contributed by atoms with Crippen LogP contribution in [0.3, 0.4) is 0 Å². The van der Waals surface area contributed by atoms with Crippen LogP contribution in [0.5, 0.6) is 5.75 Å². The Hall–Kier alpha value is -2.55. The predicted octanol–water partition coefficient (Wildman–Crippen LogP) is 3.26. The molecule has 0 fully saturated rings. The number of hydrogen-bond donors (Lipinski definition) is 2. The first kappa shape index (κ1) is 11.9. The molecule has 2 rings (SSSR count). The van der Waals surface area contributed by atoms with Gasteiger partial charge in [-0.15, -0.1) is 0 Å². The fourth-order valence-electron chi connectivity index (χ4n) is 1.62. The second-order valence-electron chi connectivity index (χ2n) is 3.79. The largest absolute Gasteiger partial charge is 0.506 e. The molecule has 0 aliphatic rings. The Morgan fingerprint density at radius 2 is 1.67 bits per heavy atom. The molecule has 0 amide bonds. The number of para-hydroxylation sites is 1. The highest BCUT2D eigenvalue weighted by atomic mass is 16.4. The van der Waals surface area contributed by atoms with Crippen LogP contribution >= 0.6 is 0 Å². The number of hydrogen-bond acceptors (Lipinski definition) is 2. The Kier molecular flexibility index (Phi) is 3.44. The molecule has 0 aromatic heterocycles. The second kappa shape index (κ2) is 5.19.